The topological polar surface area (TPSA) is 29.1 Å². The predicted molar refractivity (Wildman–Crippen MR) is 73.8 cm³/mol. The summed E-state index contributed by atoms with van der Waals surface area (Å²) in [4.78, 5) is 11.7. The Hall–Kier alpha value is -2.44. The van der Waals surface area contributed by atoms with Crippen LogP contribution >= 0.6 is 0 Å². The second-order valence-electron chi connectivity index (χ2n) is 4.80. The molecule has 2 rings (SSSR count). The zero-order chi connectivity index (χ0) is 17.0. The third-order valence-corrected chi connectivity index (χ3v) is 3.17. The minimum atomic E-state index is -4.41. The summed E-state index contributed by atoms with van der Waals surface area (Å²) in [5.41, 5.74) is -0.883. The third kappa shape index (κ3) is 4.28. The number of halogens is 5. The number of benzene rings is 2. The number of hydrogen-bond donors (Lipinski definition) is 1. The summed E-state index contributed by atoms with van der Waals surface area (Å²) in [5.74, 6) is -2.86. The van der Waals surface area contributed by atoms with Gasteiger partial charge in [-0.3, -0.25) is 4.79 Å². The van der Waals surface area contributed by atoms with Crippen molar-refractivity contribution in [2.75, 3.05) is 6.54 Å². The second-order valence-corrected chi connectivity index (χ2v) is 4.80. The molecular weight excluding hydrogens is 317 g/mol. The van der Waals surface area contributed by atoms with E-state index in [1.54, 1.807) is 0 Å². The second kappa shape index (κ2) is 6.76. The number of amides is 1. The van der Waals surface area contributed by atoms with Crippen LogP contribution < -0.4 is 5.32 Å². The number of alkyl halides is 3. The molecule has 0 unspecified atom stereocenters. The Bertz CT molecular complexity index is 674. The van der Waals surface area contributed by atoms with Crippen molar-refractivity contribution in [3.8, 4) is 0 Å². The van der Waals surface area contributed by atoms with E-state index in [0.29, 0.717) is 5.56 Å². The smallest absolute Gasteiger partial charge is 0.352 e. The molecule has 0 fully saturated rings. The van der Waals surface area contributed by atoms with Gasteiger partial charge in [-0.25, -0.2) is 8.78 Å². The first-order valence-electron chi connectivity index (χ1n) is 6.67. The summed E-state index contributed by atoms with van der Waals surface area (Å²) in [7, 11) is 0. The van der Waals surface area contributed by atoms with E-state index in [2.05, 4.69) is 5.32 Å². The molecular formula is C16H12F5NO. The van der Waals surface area contributed by atoms with Gasteiger partial charge in [-0.15, -0.1) is 0 Å². The molecule has 0 saturated heterocycles. The first-order valence-corrected chi connectivity index (χ1v) is 6.67. The fourth-order valence-electron chi connectivity index (χ4n) is 1.98. The lowest BCUT2D eigenvalue weighted by Gasteiger charge is -2.09. The maximum atomic E-state index is 13.4. The number of rotatable bonds is 4. The summed E-state index contributed by atoms with van der Waals surface area (Å²) in [6, 6.07) is 7.53. The molecule has 1 N–H and O–H groups in total. The fourth-order valence-corrected chi connectivity index (χ4v) is 1.98. The van der Waals surface area contributed by atoms with Crippen molar-refractivity contribution >= 4 is 5.91 Å². The van der Waals surface area contributed by atoms with E-state index >= 15 is 0 Å². The zero-order valence-electron chi connectivity index (χ0n) is 11.8. The van der Waals surface area contributed by atoms with Gasteiger partial charge >= 0.3 is 6.18 Å². The van der Waals surface area contributed by atoms with Crippen LogP contribution in [-0.2, 0) is 12.6 Å². The van der Waals surface area contributed by atoms with Crippen LogP contribution in [0.4, 0.5) is 22.0 Å². The Kier molecular flexibility index (Phi) is 4.98. The van der Waals surface area contributed by atoms with Crippen LogP contribution in [0.1, 0.15) is 21.5 Å². The van der Waals surface area contributed by atoms with Crippen LogP contribution in [0.15, 0.2) is 42.5 Å². The average molecular weight is 329 g/mol. The highest BCUT2D eigenvalue weighted by atomic mass is 19.4. The number of carbonyl (C=O) groups is 1. The van der Waals surface area contributed by atoms with Gasteiger partial charge in [0.15, 0.2) is 0 Å². The number of nitrogens with one attached hydrogen (secondary N) is 1. The van der Waals surface area contributed by atoms with Gasteiger partial charge in [-0.1, -0.05) is 18.2 Å². The van der Waals surface area contributed by atoms with Crippen molar-refractivity contribution in [2.24, 2.45) is 0 Å². The number of carbonyl (C=O) groups excluding carboxylic acids is 1. The normalized spacial score (nSPS) is 11.3. The molecule has 2 aromatic carbocycles. The fraction of sp³-hybridized carbons (Fsp3) is 0.188. The molecule has 0 heterocycles. The Morgan fingerprint density at radius 1 is 0.957 bits per heavy atom. The number of hydrogen-bond acceptors (Lipinski definition) is 1. The summed E-state index contributed by atoms with van der Waals surface area (Å²) in [6.45, 7) is 0.0397. The van der Waals surface area contributed by atoms with Gasteiger partial charge in [0.05, 0.1) is 5.56 Å². The average Bonchev–Trinajstić information content (AvgIpc) is 2.46. The molecule has 2 aromatic rings. The molecule has 0 bridgehead atoms. The molecule has 0 aliphatic rings. The van der Waals surface area contributed by atoms with Crippen molar-refractivity contribution in [1.29, 1.82) is 0 Å². The third-order valence-electron chi connectivity index (χ3n) is 3.17. The van der Waals surface area contributed by atoms with Crippen molar-refractivity contribution < 1.29 is 26.7 Å². The van der Waals surface area contributed by atoms with Crippen LogP contribution in [0, 0.1) is 11.6 Å². The Morgan fingerprint density at radius 2 is 1.52 bits per heavy atom. The molecule has 1 amide bonds. The van der Waals surface area contributed by atoms with Crippen LogP contribution in [-0.4, -0.2) is 12.5 Å². The Morgan fingerprint density at radius 3 is 2.04 bits per heavy atom. The monoisotopic (exact) mass is 329 g/mol. The van der Waals surface area contributed by atoms with Gasteiger partial charge in [0.1, 0.15) is 17.2 Å². The molecule has 0 atom stereocenters. The largest absolute Gasteiger partial charge is 0.416 e. The molecule has 0 radical (unpaired) electrons. The summed E-state index contributed by atoms with van der Waals surface area (Å²) >= 11 is 0. The molecule has 122 valence electrons. The highest BCUT2D eigenvalue weighted by Gasteiger charge is 2.29. The molecule has 0 aliphatic heterocycles. The van der Waals surface area contributed by atoms with Crippen molar-refractivity contribution in [1.82, 2.24) is 5.32 Å². The van der Waals surface area contributed by atoms with E-state index < -0.39 is 34.8 Å². The van der Waals surface area contributed by atoms with E-state index in [1.807, 2.05) is 0 Å². The summed E-state index contributed by atoms with van der Waals surface area (Å²) in [5, 5.41) is 2.33. The van der Waals surface area contributed by atoms with E-state index in [0.717, 1.165) is 30.3 Å². The molecule has 0 aromatic heterocycles. The van der Waals surface area contributed by atoms with E-state index in [-0.39, 0.29) is 13.0 Å². The maximum absolute atomic E-state index is 13.4. The lowest BCUT2D eigenvalue weighted by Crippen LogP contribution is -2.27. The molecule has 0 aliphatic carbocycles. The lowest BCUT2D eigenvalue weighted by atomic mass is 10.1. The predicted octanol–water partition coefficient (Wildman–Crippen LogP) is 3.96. The first kappa shape index (κ1) is 16.9. The SMILES string of the molecule is O=C(NCCc1ccc(C(F)(F)F)cc1)c1c(F)cccc1F. The zero-order valence-corrected chi connectivity index (χ0v) is 11.8. The Balaban J connectivity index is 1.93. The Labute approximate surface area is 128 Å². The lowest BCUT2D eigenvalue weighted by molar-refractivity contribution is -0.137. The first-order chi connectivity index (χ1) is 10.8. The molecule has 7 heteroatoms. The highest BCUT2D eigenvalue weighted by Crippen LogP contribution is 2.29. The van der Waals surface area contributed by atoms with Crippen LogP contribution in [0.25, 0.3) is 0 Å². The van der Waals surface area contributed by atoms with Gasteiger partial charge < -0.3 is 5.32 Å². The molecule has 23 heavy (non-hydrogen) atoms. The maximum Gasteiger partial charge on any atom is 0.416 e. The minimum Gasteiger partial charge on any atom is -0.352 e. The van der Waals surface area contributed by atoms with Gasteiger partial charge in [0.2, 0.25) is 0 Å². The minimum absolute atomic E-state index is 0.0397. The standard InChI is InChI=1S/C16H12F5NO/c17-12-2-1-3-13(18)14(12)15(23)22-9-8-10-4-6-11(7-5-10)16(19,20)21/h1-7H,8-9H2,(H,22,23). The molecule has 0 saturated carbocycles. The summed E-state index contributed by atoms with van der Waals surface area (Å²) in [6.07, 6.45) is -4.17. The van der Waals surface area contributed by atoms with Gasteiger partial charge in [-0.05, 0) is 36.2 Å². The molecule has 2 nitrogen and oxygen atoms in total. The van der Waals surface area contributed by atoms with Crippen molar-refractivity contribution in [2.45, 2.75) is 12.6 Å². The quantitative estimate of drug-likeness (QED) is 0.846. The van der Waals surface area contributed by atoms with Crippen molar-refractivity contribution in [3.63, 3.8) is 0 Å². The molecule has 0 spiro atoms. The van der Waals surface area contributed by atoms with Crippen LogP contribution in [0.5, 0.6) is 0 Å². The van der Waals surface area contributed by atoms with Gasteiger partial charge in [-0.2, -0.15) is 13.2 Å². The van der Waals surface area contributed by atoms with Gasteiger partial charge in [0, 0.05) is 6.54 Å². The van der Waals surface area contributed by atoms with E-state index in [1.165, 1.54) is 12.1 Å². The van der Waals surface area contributed by atoms with E-state index in [9.17, 15) is 26.7 Å². The van der Waals surface area contributed by atoms with Gasteiger partial charge in [0.25, 0.3) is 5.91 Å². The van der Waals surface area contributed by atoms with Crippen LogP contribution in [0.3, 0.4) is 0 Å². The van der Waals surface area contributed by atoms with Crippen molar-refractivity contribution in [3.05, 3.63) is 70.8 Å². The summed E-state index contributed by atoms with van der Waals surface area (Å²) < 4.78 is 64.0. The highest BCUT2D eigenvalue weighted by molar-refractivity contribution is 5.94. The van der Waals surface area contributed by atoms with Crippen LogP contribution in [0.2, 0.25) is 0 Å². The van der Waals surface area contributed by atoms with E-state index in [4.69, 9.17) is 0 Å².